The minimum Gasteiger partial charge on any atom is -0.357 e. The molecule has 8 heteroatoms. The van der Waals surface area contributed by atoms with E-state index >= 15 is 0 Å². The van der Waals surface area contributed by atoms with E-state index in [0.29, 0.717) is 33.5 Å². The van der Waals surface area contributed by atoms with Gasteiger partial charge >= 0.3 is 0 Å². The first kappa shape index (κ1) is 22.4. The van der Waals surface area contributed by atoms with Crippen LogP contribution in [0.5, 0.6) is 0 Å². The van der Waals surface area contributed by atoms with Crippen LogP contribution in [-0.4, -0.2) is 34.4 Å². The fourth-order valence-corrected chi connectivity index (χ4v) is 6.40. The van der Waals surface area contributed by atoms with Crippen LogP contribution in [0.4, 0.5) is 11.4 Å². The summed E-state index contributed by atoms with van der Waals surface area (Å²) in [4.78, 5) is 74.4. The molecule has 1 N–H and O–H groups in total. The normalized spacial score (nSPS) is 24.9. The number of para-hydroxylation sites is 3. The van der Waals surface area contributed by atoms with Gasteiger partial charge in [-0.05, 0) is 30.3 Å². The Morgan fingerprint density at radius 2 is 1.24 bits per heavy atom. The quantitative estimate of drug-likeness (QED) is 0.428. The number of Topliss-reactive ketones (excluding diaryl/α,β-unsaturated/α-hetero) is 1. The SMILES string of the molecule is O=C1c2c([nH]c3ccccc23)[C@H]2C(=O)N(c3ccccc3)C(=O)[C@H]2[C@H]1C1CC(=O)N(c2ccccc2)C1=O. The van der Waals surface area contributed by atoms with E-state index < -0.39 is 53.1 Å². The number of nitrogens with one attached hydrogen (secondary N) is 1. The fraction of sp³-hybridized carbons (Fsp3) is 0.167. The predicted octanol–water partition coefficient (Wildman–Crippen LogP) is 3.83. The zero-order chi connectivity index (χ0) is 26.1. The van der Waals surface area contributed by atoms with E-state index in [4.69, 9.17) is 0 Å². The summed E-state index contributed by atoms with van der Waals surface area (Å²) >= 11 is 0. The van der Waals surface area contributed by atoms with E-state index in [1.54, 1.807) is 72.8 Å². The van der Waals surface area contributed by atoms with E-state index in [9.17, 15) is 24.0 Å². The lowest BCUT2D eigenvalue weighted by Crippen LogP contribution is -2.44. The second-order valence-electron chi connectivity index (χ2n) is 9.91. The zero-order valence-corrected chi connectivity index (χ0v) is 20.0. The maximum Gasteiger partial charge on any atom is 0.243 e. The Hall–Kier alpha value is -4.85. The fourth-order valence-electron chi connectivity index (χ4n) is 6.40. The molecule has 7 rings (SSSR count). The highest BCUT2D eigenvalue weighted by Crippen LogP contribution is 2.52. The molecule has 3 aromatic carbocycles. The summed E-state index contributed by atoms with van der Waals surface area (Å²) in [5.74, 6) is -6.62. The summed E-state index contributed by atoms with van der Waals surface area (Å²) in [6.07, 6.45) is -0.210. The van der Waals surface area contributed by atoms with Gasteiger partial charge in [0.2, 0.25) is 23.6 Å². The molecule has 0 bridgehead atoms. The first-order valence-corrected chi connectivity index (χ1v) is 12.5. The van der Waals surface area contributed by atoms with Crippen molar-refractivity contribution in [3.05, 3.63) is 96.2 Å². The van der Waals surface area contributed by atoms with Crippen LogP contribution in [0.1, 0.15) is 28.4 Å². The molecule has 38 heavy (non-hydrogen) atoms. The molecule has 0 spiro atoms. The van der Waals surface area contributed by atoms with Crippen molar-refractivity contribution in [3.63, 3.8) is 0 Å². The number of ketones is 1. The van der Waals surface area contributed by atoms with Crippen LogP contribution < -0.4 is 9.80 Å². The van der Waals surface area contributed by atoms with Crippen molar-refractivity contribution in [2.45, 2.75) is 12.3 Å². The molecule has 1 aliphatic carbocycles. The Labute approximate surface area is 216 Å². The summed E-state index contributed by atoms with van der Waals surface area (Å²) in [5.41, 5.74) is 2.20. The molecule has 4 amide bonds. The van der Waals surface area contributed by atoms with E-state index in [2.05, 4.69) is 4.98 Å². The minimum absolute atomic E-state index is 0.210. The summed E-state index contributed by atoms with van der Waals surface area (Å²) in [7, 11) is 0. The van der Waals surface area contributed by atoms with E-state index in [1.165, 1.54) is 0 Å². The molecule has 0 radical (unpaired) electrons. The lowest BCUT2D eigenvalue weighted by molar-refractivity contribution is -0.125. The molecule has 1 unspecified atom stereocenters. The van der Waals surface area contributed by atoms with Gasteiger partial charge < -0.3 is 4.98 Å². The topological polar surface area (TPSA) is 108 Å². The van der Waals surface area contributed by atoms with Crippen molar-refractivity contribution in [1.29, 1.82) is 0 Å². The molecule has 2 saturated heterocycles. The lowest BCUT2D eigenvalue weighted by atomic mass is 9.66. The van der Waals surface area contributed by atoms with Crippen LogP contribution in [-0.2, 0) is 19.2 Å². The minimum atomic E-state index is -1.15. The number of nitrogens with zero attached hydrogens (tertiary/aromatic N) is 2. The monoisotopic (exact) mass is 503 g/mol. The van der Waals surface area contributed by atoms with Crippen LogP contribution in [0.2, 0.25) is 0 Å². The molecule has 3 heterocycles. The van der Waals surface area contributed by atoms with Gasteiger partial charge in [-0.2, -0.15) is 0 Å². The Kier molecular flexibility index (Phi) is 4.75. The van der Waals surface area contributed by atoms with Crippen LogP contribution in [0.3, 0.4) is 0 Å². The molecule has 186 valence electrons. The smallest absolute Gasteiger partial charge is 0.243 e. The number of imide groups is 2. The molecule has 8 nitrogen and oxygen atoms in total. The van der Waals surface area contributed by atoms with E-state index in [-0.39, 0.29) is 6.42 Å². The largest absolute Gasteiger partial charge is 0.357 e. The van der Waals surface area contributed by atoms with E-state index in [0.717, 1.165) is 9.80 Å². The van der Waals surface area contributed by atoms with Crippen LogP contribution in [0.15, 0.2) is 84.9 Å². The van der Waals surface area contributed by atoms with Crippen LogP contribution in [0.25, 0.3) is 10.9 Å². The highest BCUT2D eigenvalue weighted by Gasteiger charge is 2.62. The number of carbonyl (C=O) groups excluding carboxylic acids is 5. The van der Waals surface area contributed by atoms with Gasteiger partial charge in [-0.15, -0.1) is 0 Å². The molecule has 2 aliphatic heterocycles. The van der Waals surface area contributed by atoms with Crippen molar-refractivity contribution < 1.29 is 24.0 Å². The van der Waals surface area contributed by atoms with Crippen molar-refractivity contribution in [3.8, 4) is 0 Å². The molecule has 3 aliphatic rings. The van der Waals surface area contributed by atoms with Crippen LogP contribution in [0, 0.1) is 17.8 Å². The number of benzene rings is 3. The lowest BCUT2D eigenvalue weighted by Gasteiger charge is -2.32. The first-order valence-electron chi connectivity index (χ1n) is 12.5. The molecular weight excluding hydrogens is 482 g/mol. The number of hydrogen-bond donors (Lipinski definition) is 1. The van der Waals surface area contributed by atoms with Crippen molar-refractivity contribution >= 4 is 51.7 Å². The van der Waals surface area contributed by atoms with Gasteiger partial charge in [0.05, 0.1) is 29.1 Å². The summed E-state index contributed by atoms with van der Waals surface area (Å²) in [6.45, 7) is 0. The summed E-state index contributed by atoms with van der Waals surface area (Å²) in [5, 5.41) is 0.631. The third kappa shape index (κ3) is 2.94. The number of H-pyrrole nitrogens is 1. The average molecular weight is 504 g/mol. The number of aromatic amines is 1. The molecule has 0 saturated carbocycles. The maximum atomic E-state index is 14.2. The molecule has 1 aromatic heterocycles. The molecule has 4 aromatic rings. The van der Waals surface area contributed by atoms with Gasteiger partial charge in [-0.25, -0.2) is 4.90 Å². The molecular formula is C30H21N3O5. The number of carbonyl (C=O) groups is 5. The first-order chi connectivity index (χ1) is 18.5. The Balaban J connectivity index is 1.40. The predicted molar refractivity (Wildman–Crippen MR) is 138 cm³/mol. The van der Waals surface area contributed by atoms with Gasteiger partial charge in [0.1, 0.15) is 0 Å². The Morgan fingerprint density at radius 1 is 0.632 bits per heavy atom. The number of amides is 4. The second kappa shape index (κ2) is 8.08. The number of rotatable bonds is 3. The van der Waals surface area contributed by atoms with Crippen molar-refractivity contribution in [1.82, 2.24) is 4.98 Å². The third-order valence-corrected chi connectivity index (χ3v) is 7.98. The van der Waals surface area contributed by atoms with E-state index in [1.807, 2.05) is 12.1 Å². The van der Waals surface area contributed by atoms with Gasteiger partial charge in [0.15, 0.2) is 5.78 Å². The van der Waals surface area contributed by atoms with Gasteiger partial charge in [0, 0.05) is 34.5 Å². The third-order valence-electron chi connectivity index (χ3n) is 7.98. The maximum absolute atomic E-state index is 14.2. The summed E-state index contributed by atoms with van der Waals surface area (Å²) < 4.78 is 0. The zero-order valence-electron chi connectivity index (χ0n) is 20.0. The second-order valence-corrected chi connectivity index (χ2v) is 9.91. The highest BCUT2D eigenvalue weighted by molar-refractivity contribution is 6.29. The van der Waals surface area contributed by atoms with Crippen molar-refractivity contribution in [2.24, 2.45) is 17.8 Å². The molecule has 2 fully saturated rings. The highest BCUT2D eigenvalue weighted by atomic mass is 16.2. The molecule has 4 atom stereocenters. The Bertz CT molecular complexity index is 1680. The number of hydrogen-bond acceptors (Lipinski definition) is 5. The van der Waals surface area contributed by atoms with Crippen molar-refractivity contribution in [2.75, 3.05) is 9.80 Å². The van der Waals surface area contributed by atoms with Gasteiger partial charge in [-0.3, -0.25) is 28.9 Å². The number of aromatic nitrogens is 1. The number of anilines is 2. The Morgan fingerprint density at radius 3 is 1.92 bits per heavy atom. The average Bonchev–Trinajstić information content (AvgIpc) is 3.54. The van der Waals surface area contributed by atoms with Crippen LogP contribution >= 0.6 is 0 Å². The standard InChI is InChI=1S/C30H21N3O5/c34-21-15-19(28(36)32(21)16-9-3-1-4-10-16)22-24-25(30(38)33(29(24)37)17-11-5-2-6-12-17)26-23(27(22)35)18-13-7-8-14-20(18)31-26/h1-14,19,22,24-25,31H,15H2/t19?,22-,24+,25+/m1/s1. The van der Waals surface area contributed by atoms with Gasteiger partial charge in [-0.1, -0.05) is 54.6 Å². The number of fused-ring (bicyclic) bond motifs is 5. The summed E-state index contributed by atoms with van der Waals surface area (Å²) in [6, 6.07) is 24.3. The van der Waals surface area contributed by atoms with Gasteiger partial charge in [0.25, 0.3) is 0 Å².